The largest absolute Gasteiger partial charge is 0.497 e. The molecule has 1 N–H and O–H groups in total. The number of carbonyl (C=O) groups excluding carboxylic acids is 1. The van der Waals surface area contributed by atoms with Crippen molar-refractivity contribution in [1.82, 2.24) is 14.5 Å². The number of ether oxygens (including phenoxy) is 2. The topological polar surface area (TPSA) is 91.6 Å². The number of methoxy groups -OCH3 is 1. The lowest BCUT2D eigenvalue weighted by molar-refractivity contribution is -0.122. The van der Waals surface area contributed by atoms with E-state index < -0.39 is 11.1 Å². The summed E-state index contributed by atoms with van der Waals surface area (Å²) in [4.78, 5) is 37.5. The van der Waals surface area contributed by atoms with Gasteiger partial charge in [0.2, 0.25) is 5.91 Å². The predicted octanol–water partition coefficient (Wildman–Crippen LogP) is 2.28. The molecule has 0 spiro atoms. The summed E-state index contributed by atoms with van der Waals surface area (Å²) in [7, 11) is 1.57. The molecule has 0 bridgehead atoms. The van der Waals surface area contributed by atoms with Crippen molar-refractivity contribution in [1.29, 1.82) is 0 Å². The fourth-order valence-electron chi connectivity index (χ4n) is 3.14. The van der Waals surface area contributed by atoms with Gasteiger partial charge in [-0.05, 0) is 55.8 Å². The molecule has 3 aromatic rings. The lowest BCUT2D eigenvalue weighted by atomic mass is 10.1. The smallest absolute Gasteiger partial charge is 0.320 e. The van der Waals surface area contributed by atoms with E-state index in [0.29, 0.717) is 23.8 Å². The van der Waals surface area contributed by atoms with Gasteiger partial charge >= 0.3 is 11.1 Å². The first-order chi connectivity index (χ1) is 14.9. The number of benzene rings is 2. The van der Waals surface area contributed by atoms with E-state index in [1.807, 2.05) is 38.1 Å². The van der Waals surface area contributed by atoms with Crippen LogP contribution in [0.4, 0.5) is 0 Å². The maximum Gasteiger partial charge on any atom is 0.320 e. The third kappa shape index (κ3) is 5.22. The maximum absolute atomic E-state index is 12.5. The van der Waals surface area contributed by atoms with Crippen molar-refractivity contribution in [2.45, 2.75) is 26.4 Å². The normalized spacial score (nSPS) is 11.6. The Balaban J connectivity index is 1.73. The summed E-state index contributed by atoms with van der Waals surface area (Å²) < 4.78 is 12.9. The van der Waals surface area contributed by atoms with Gasteiger partial charge in [0.1, 0.15) is 18.0 Å². The van der Waals surface area contributed by atoms with Gasteiger partial charge in [0.25, 0.3) is 0 Å². The number of aromatic nitrogens is 2. The Kier molecular flexibility index (Phi) is 6.92. The second kappa shape index (κ2) is 9.80. The zero-order valence-electron chi connectivity index (χ0n) is 17.7. The van der Waals surface area contributed by atoms with Gasteiger partial charge in [-0.1, -0.05) is 12.1 Å². The van der Waals surface area contributed by atoms with Crippen LogP contribution in [-0.2, 0) is 11.3 Å². The molecule has 0 radical (unpaired) electrons. The van der Waals surface area contributed by atoms with E-state index >= 15 is 0 Å². The molecule has 0 aliphatic heterocycles. The second-order valence-corrected chi connectivity index (χ2v) is 6.90. The van der Waals surface area contributed by atoms with Crippen molar-refractivity contribution in [3.8, 4) is 17.2 Å². The molecule has 1 amide bonds. The van der Waals surface area contributed by atoms with Gasteiger partial charge < -0.3 is 14.8 Å². The molecule has 0 aliphatic rings. The summed E-state index contributed by atoms with van der Waals surface area (Å²) in [6, 6.07) is 13.9. The quantitative estimate of drug-likeness (QED) is 0.562. The van der Waals surface area contributed by atoms with E-state index in [2.05, 4.69) is 5.32 Å². The van der Waals surface area contributed by atoms with Crippen LogP contribution in [0.1, 0.15) is 25.5 Å². The molecule has 1 atom stereocenters. The fourth-order valence-corrected chi connectivity index (χ4v) is 3.14. The minimum absolute atomic E-state index is 0.257. The average Bonchev–Trinajstić information content (AvgIpc) is 2.78. The number of nitrogens with zero attached hydrogens (tertiary/aromatic N) is 2. The average molecular weight is 423 g/mol. The molecule has 3 rings (SSSR count). The third-order valence-electron chi connectivity index (χ3n) is 4.77. The van der Waals surface area contributed by atoms with Crippen molar-refractivity contribution < 1.29 is 14.3 Å². The van der Waals surface area contributed by atoms with Crippen LogP contribution in [-0.4, -0.2) is 28.8 Å². The van der Waals surface area contributed by atoms with E-state index in [-0.39, 0.29) is 18.5 Å². The van der Waals surface area contributed by atoms with E-state index in [1.165, 1.54) is 17.0 Å². The van der Waals surface area contributed by atoms with Crippen molar-refractivity contribution in [3.05, 3.63) is 87.2 Å². The van der Waals surface area contributed by atoms with Crippen LogP contribution >= 0.6 is 0 Å². The molecular formula is C23H25N3O5. The summed E-state index contributed by atoms with van der Waals surface area (Å²) >= 11 is 0. The van der Waals surface area contributed by atoms with Crippen LogP contribution in [0.3, 0.4) is 0 Å². The Morgan fingerprint density at radius 1 is 1.03 bits per heavy atom. The maximum atomic E-state index is 12.5. The highest BCUT2D eigenvalue weighted by molar-refractivity contribution is 5.76. The van der Waals surface area contributed by atoms with Crippen molar-refractivity contribution in [2.75, 3.05) is 13.7 Å². The SMILES string of the molecule is CCOc1ccc(-n2ccn(CC(=O)N[C@@H](C)c3cccc(OC)c3)c(=O)c2=O)cc1. The van der Waals surface area contributed by atoms with Gasteiger partial charge in [0, 0.05) is 18.1 Å². The van der Waals surface area contributed by atoms with Crippen molar-refractivity contribution in [2.24, 2.45) is 0 Å². The molecule has 0 aliphatic carbocycles. The molecule has 8 nitrogen and oxygen atoms in total. The molecule has 0 saturated carbocycles. The molecule has 31 heavy (non-hydrogen) atoms. The molecule has 8 heteroatoms. The van der Waals surface area contributed by atoms with E-state index in [1.54, 1.807) is 31.4 Å². The van der Waals surface area contributed by atoms with Gasteiger partial charge in [-0.3, -0.25) is 23.5 Å². The highest BCUT2D eigenvalue weighted by Gasteiger charge is 2.13. The summed E-state index contributed by atoms with van der Waals surface area (Å²) in [5.41, 5.74) is -0.111. The molecule has 1 aromatic heterocycles. The summed E-state index contributed by atoms with van der Waals surface area (Å²) in [6.45, 7) is 3.99. The van der Waals surface area contributed by atoms with Gasteiger partial charge in [-0.15, -0.1) is 0 Å². The lowest BCUT2D eigenvalue weighted by Crippen LogP contribution is -2.42. The Morgan fingerprint density at radius 2 is 1.77 bits per heavy atom. The Hall–Kier alpha value is -3.81. The number of carbonyl (C=O) groups is 1. The second-order valence-electron chi connectivity index (χ2n) is 6.90. The molecule has 0 fully saturated rings. The Bertz CT molecular complexity index is 1160. The lowest BCUT2D eigenvalue weighted by Gasteiger charge is -2.16. The number of hydrogen-bond acceptors (Lipinski definition) is 5. The molecule has 162 valence electrons. The standard InChI is InChI=1S/C23H25N3O5/c1-4-31-19-10-8-18(9-11-19)26-13-12-25(22(28)23(26)29)15-21(27)24-16(2)17-6-5-7-20(14-17)30-3/h5-14,16H,4,15H2,1-3H3,(H,24,27)/t16-/m0/s1. The van der Waals surface area contributed by atoms with Crippen LogP contribution in [0.25, 0.3) is 5.69 Å². The van der Waals surface area contributed by atoms with Crippen LogP contribution < -0.4 is 25.9 Å². The number of hydrogen-bond donors (Lipinski definition) is 1. The molecule has 0 saturated heterocycles. The van der Waals surface area contributed by atoms with E-state index in [4.69, 9.17) is 9.47 Å². The first kappa shape index (κ1) is 21.9. The predicted molar refractivity (Wildman–Crippen MR) is 117 cm³/mol. The van der Waals surface area contributed by atoms with Gasteiger partial charge in [0.05, 0.1) is 19.8 Å². The van der Waals surface area contributed by atoms with Gasteiger partial charge in [-0.2, -0.15) is 0 Å². The molecule has 0 unspecified atom stereocenters. The number of amides is 1. The molecule has 2 aromatic carbocycles. The summed E-state index contributed by atoms with van der Waals surface area (Å²) in [5, 5.41) is 2.83. The molecular weight excluding hydrogens is 398 g/mol. The van der Waals surface area contributed by atoms with Gasteiger partial charge in [0.15, 0.2) is 0 Å². The van der Waals surface area contributed by atoms with Crippen LogP contribution in [0, 0.1) is 0 Å². The minimum atomic E-state index is -0.777. The monoisotopic (exact) mass is 423 g/mol. The Labute approximate surface area is 179 Å². The highest BCUT2D eigenvalue weighted by Crippen LogP contribution is 2.18. The molecule has 1 heterocycles. The summed E-state index contributed by atoms with van der Waals surface area (Å²) in [6.07, 6.45) is 2.90. The van der Waals surface area contributed by atoms with E-state index in [9.17, 15) is 14.4 Å². The number of nitrogens with one attached hydrogen (secondary N) is 1. The fraction of sp³-hybridized carbons (Fsp3) is 0.261. The van der Waals surface area contributed by atoms with Gasteiger partial charge in [-0.25, -0.2) is 0 Å². The van der Waals surface area contributed by atoms with Crippen LogP contribution in [0.2, 0.25) is 0 Å². The minimum Gasteiger partial charge on any atom is -0.497 e. The van der Waals surface area contributed by atoms with E-state index in [0.717, 1.165) is 10.1 Å². The zero-order valence-corrected chi connectivity index (χ0v) is 17.7. The third-order valence-corrected chi connectivity index (χ3v) is 4.77. The first-order valence-electron chi connectivity index (χ1n) is 9.91. The number of rotatable bonds is 8. The van der Waals surface area contributed by atoms with Crippen molar-refractivity contribution in [3.63, 3.8) is 0 Å². The zero-order chi connectivity index (χ0) is 22.4. The van der Waals surface area contributed by atoms with Crippen LogP contribution in [0.5, 0.6) is 11.5 Å². The Morgan fingerprint density at radius 3 is 2.45 bits per heavy atom. The van der Waals surface area contributed by atoms with Crippen molar-refractivity contribution >= 4 is 5.91 Å². The highest BCUT2D eigenvalue weighted by atomic mass is 16.5. The summed E-state index contributed by atoms with van der Waals surface area (Å²) in [5.74, 6) is 0.984. The first-order valence-corrected chi connectivity index (χ1v) is 9.91. The van der Waals surface area contributed by atoms with Crippen LogP contribution in [0.15, 0.2) is 70.5 Å².